The third kappa shape index (κ3) is 4.37. The van der Waals surface area contributed by atoms with Crippen LogP contribution >= 0.6 is 23.2 Å². The maximum Gasteiger partial charge on any atom is 0.338 e. The molecule has 0 aliphatic carbocycles. The van der Waals surface area contributed by atoms with Crippen molar-refractivity contribution >= 4 is 56.4 Å². The summed E-state index contributed by atoms with van der Waals surface area (Å²) in [5, 5.41) is 3.16. The summed E-state index contributed by atoms with van der Waals surface area (Å²) in [5.74, 6) is -2.02. The summed E-state index contributed by atoms with van der Waals surface area (Å²) < 4.78 is 31.2. The molecule has 1 unspecified atom stereocenters. The molecule has 33 heavy (non-hydrogen) atoms. The lowest BCUT2D eigenvalue weighted by molar-refractivity contribution is -0.123. The molecule has 3 aromatic rings. The summed E-state index contributed by atoms with van der Waals surface area (Å²) >= 11 is 11.8. The molecule has 1 aliphatic rings. The molecule has 0 saturated heterocycles. The number of esters is 1. The number of amides is 1. The zero-order valence-electron chi connectivity index (χ0n) is 17.0. The molecule has 0 saturated carbocycles. The standard InChI is InChI=1S/C23H15Cl2NO6S/c1-12(22(28)26-16-10-14(24)9-15(25)11-16)32-23(29)13-6-7-18-20(8-13)33(30,31)19-5-3-2-4-17(19)21(18)27/h2-12H,1H3,(H,26,28). The molecule has 168 valence electrons. The summed E-state index contributed by atoms with van der Waals surface area (Å²) in [6, 6.07) is 13.9. The summed E-state index contributed by atoms with van der Waals surface area (Å²) in [5.41, 5.74) is 0.244. The van der Waals surface area contributed by atoms with Gasteiger partial charge in [0.25, 0.3) is 5.91 Å². The van der Waals surface area contributed by atoms with E-state index in [4.69, 9.17) is 27.9 Å². The Labute approximate surface area is 199 Å². The van der Waals surface area contributed by atoms with Gasteiger partial charge in [0, 0.05) is 26.9 Å². The number of carbonyl (C=O) groups excluding carboxylic acids is 3. The van der Waals surface area contributed by atoms with Crippen molar-refractivity contribution in [2.75, 3.05) is 5.32 Å². The fourth-order valence-corrected chi connectivity index (χ4v) is 5.57. The zero-order chi connectivity index (χ0) is 23.9. The molecule has 1 aliphatic heterocycles. The van der Waals surface area contributed by atoms with Crippen molar-refractivity contribution in [3.63, 3.8) is 0 Å². The highest BCUT2D eigenvalue weighted by Gasteiger charge is 2.35. The molecule has 3 aromatic carbocycles. The van der Waals surface area contributed by atoms with Crippen LogP contribution in [0.5, 0.6) is 0 Å². The SMILES string of the molecule is CC(OC(=O)c1ccc2c(c1)S(=O)(=O)c1ccccc1C2=O)C(=O)Nc1cc(Cl)cc(Cl)c1. The van der Waals surface area contributed by atoms with E-state index in [-0.39, 0.29) is 26.5 Å². The van der Waals surface area contributed by atoms with E-state index in [1.807, 2.05) is 0 Å². The van der Waals surface area contributed by atoms with Crippen molar-refractivity contribution in [3.8, 4) is 0 Å². The predicted octanol–water partition coefficient (Wildman–Crippen LogP) is 4.55. The first kappa shape index (κ1) is 23.0. The fraction of sp³-hybridized carbons (Fsp3) is 0.0870. The summed E-state index contributed by atoms with van der Waals surface area (Å²) in [7, 11) is -4.02. The van der Waals surface area contributed by atoms with Crippen LogP contribution in [0.25, 0.3) is 0 Å². The van der Waals surface area contributed by atoms with E-state index in [0.29, 0.717) is 15.7 Å². The minimum absolute atomic E-state index is 0.0334. The number of fused-ring (bicyclic) bond motifs is 2. The highest BCUT2D eigenvalue weighted by atomic mass is 35.5. The number of nitrogens with one attached hydrogen (secondary N) is 1. The maximum absolute atomic E-state index is 13.0. The quantitative estimate of drug-likeness (QED) is 0.409. The summed E-state index contributed by atoms with van der Waals surface area (Å²) in [4.78, 5) is 37.3. The Morgan fingerprint density at radius 3 is 2.24 bits per heavy atom. The second-order valence-electron chi connectivity index (χ2n) is 7.23. The molecule has 1 heterocycles. The van der Waals surface area contributed by atoms with Crippen LogP contribution in [0.3, 0.4) is 0 Å². The Morgan fingerprint density at radius 2 is 1.55 bits per heavy atom. The number of carbonyl (C=O) groups is 3. The molecule has 4 rings (SSSR count). The van der Waals surface area contributed by atoms with Gasteiger partial charge in [0.2, 0.25) is 9.84 Å². The lowest BCUT2D eigenvalue weighted by Crippen LogP contribution is -2.30. The van der Waals surface area contributed by atoms with E-state index < -0.39 is 33.6 Å². The van der Waals surface area contributed by atoms with Gasteiger partial charge in [-0.1, -0.05) is 35.3 Å². The average Bonchev–Trinajstić information content (AvgIpc) is 2.76. The molecule has 1 amide bonds. The predicted molar refractivity (Wildman–Crippen MR) is 122 cm³/mol. The number of sulfone groups is 1. The van der Waals surface area contributed by atoms with Crippen molar-refractivity contribution in [2.24, 2.45) is 0 Å². The van der Waals surface area contributed by atoms with Crippen molar-refractivity contribution in [1.29, 1.82) is 0 Å². The van der Waals surface area contributed by atoms with Gasteiger partial charge in [-0.25, -0.2) is 13.2 Å². The first-order valence-corrected chi connectivity index (χ1v) is 11.8. The molecule has 1 N–H and O–H groups in total. The Bertz CT molecular complexity index is 1410. The first-order chi connectivity index (χ1) is 15.6. The van der Waals surface area contributed by atoms with Gasteiger partial charge < -0.3 is 10.1 Å². The zero-order valence-corrected chi connectivity index (χ0v) is 19.3. The van der Waals surface area contributed by atoms with Gasteiger partial charge in [0.05, 0.1) is 15.4 Å². The van der Waals surface area contributed by atoms with E-state index >= 15 is 0 Å². The molecule has 0 spiro atoms. The van der Waals surface area contributed by atoms with Crippen LogP contribution in [0.15, 0.2) is 70.5 Å². The third-order valence-corrected chi connectivity index (χ3v) is 7.24. The second kappa shape index (κ2) is 8.62. The fourth-order valence-electron chi connectivity index (χ4n) is 3.36. The number of rotatable bonds is 4. The third-order valence-electron chi connectivity index (χ3n) is 4.96. The van der Waals surface area contributed by atoms with E-state index in [9.17, 15) is 22.8 Å². The summed E-state index contributed by atoms with van der Waals surface area (Å²) in [6.07, 6.45) is -1.22. The summed E-state index contributed by atoms with van der Waals surface area (Å²) in [6.45, 7) is 1.36. The number of benzene rings is 3. The van der Waals surface area contributed by atoms with E-state index in [2.05, 4.69) is 5.32 Å². The number of ether oxygens (including phenoxy) is 1. The van der Waals surface area contributed by atoms with Crippen molar-refractivity contribution in [1.82, 2.24) is 0 Å². The Hall–Kier alpha value is -3.20. The monoisotopic (exact) mass is 503 g/mol. The number of halogens is 2. The number of anilines is 1. The van der Waals surface area contributed by atoms with Gasteiger partial charge in [-0.05, 0) is 55.5 Å². The van der Waals surface area contributed by atoms with Crippen molar-refractivity contribution < 1.29 is 27.5 Å². The van der Waals surface area contributed by atoms with E-state index in [1.54, 1.807) is 6.07 Å². The topological polar surface area (TPSA) is 107 Å². The molecular formula is C23H15Cl2NO6S. The van der Waals surface area contributed by atoms with E-state index in [0.717, 1.165) is 6.07 Å². The first-order valence-electron chi connectivity index (χ1n) is 9.59. The minimum atomic E-state index is -4.02. The Morgan fingerprint density at radius 1 is 0.909 bits per heavy atom. The highest BCUT2D eigenvalue weighted by molar-refractivity contribution is 7.91. The van der Waals surface area contributed by atoms with Crippen molar-refractivity contribution in [2.45, 2.75) is 22.8 Å². The van der Waals surface area contributed by atoms with Crippen LogP contribution in [-0.4, -0.2) is 32.2 Å². The molecule has 7 nitrogen and oxygen atoms in total. The van der Waals surface area contributed by atoms with Crippen LogP contribution in [0.1, 0.15) is 33.2 Å². The molecule has 10 heteroatoms. The molecule has 0 bridgehead atoms. The van der Waals surface area contributed by atoms with Gasteiger partial charge in [0.1, 0.15) is 0 Å². The molecule has 0 radical (unpaired) electrons. The van der Waals surface area contributed by atoms with Gasteiger partial charge in [-0.3, -0.25) is 9.59 Å². The molecule has 1 atom stereocenters. The highest BCUT2D eigenvalue weighted by Crippen LogP contribution is 2.35. The van der Waals surface area contributed by atoms with Gasteiger partial charge in [-0.2, -0.15) is 0 Å². The van der Waals surface area contributed by atoms with Crippen LogP contribution in [0.2, 0.25) is 10.0 Å². The number of ketones is 1. The normalized spacial score (nSPS) is 14.6. The van der Waals surface area contributed by atoms with Crippen LogP contribution in [0.4, 0.5) is 5.69 Å². The average molecular weight is 504 g/mol. The lowest BCUT2D eigenvalue weighted by atomic mass is 10.0. The van der Waals surface area contributed by atoms with Gasteiger partial charge >= 0.3 is 5.97 Å². The van der Waals surface area contributed by atoms with E-state index in [1.165, 1.54) is 55.5 Å². The molecule has 0 fully saturated rings. The Kier molecular flexibility index (Phi) is 6.00. The van der Waals surface area contributed by atoms with Crippen molar-refractivity contribution in [3.05, 3.63) is 87.4 Å². The van der Waals surface area contributed by atoms with Crippen LogP contribution in [0, 0.1) is 0 Å². The second-order valence-corrected chi connectivity index (χ2v) is 9.99. The number of hydrogen-bond acceptors (Lipinski definition) is 6. The lowest BCUT2D eigenvalue weighted by Gasteiger charge is -2.19. The molecular weight excluding hydrogens is 489 g/mol. The van der Waals surface area contributed by atoms with Gasteiger partial charge in [-0.15, -0.1) is 0 Å². The van der Waals surface area contributed by atoms with Crippen LogP contribution in [-0.2, 0) is 19.4 Å². The van der Waals surface area contributed by atoms with Crippen LogP contribution < -0.4 is 5.32 Å². The number of hydrogen-bond donors (Lipinski definition) is 1. The smallest absolute Gasteiger partial charge is 0.338 e. The molecule has 0 aromatic heterocycles. The maximum atomic E-state index is 13.0. The van der Waals surface area contributed by atoms with Gasteiger partial charge in [0.15, 0.2) is 11.9 Å². The largest absolute Gasteiger partial charge is 0.449 e. The Balaban J connectivity index is 1.56. The minimum Gasteiger partial charge on any atom is -0.449 e.